The second kappa shape index (κ2) is 8.28. The molecular weight excluding hydrogens is 324 g/mol. The standard InChI is InChI=1S/C19H24S3/c1-2-3-4-5-8-16-9-11-18(20-16)19-12-10-17(21-19)15-22-13-6-7-14-22/h6,9-13,15H,2-5,7-8,14H2,1H3. The zero-order valence-corrected chi connectivity index (χ0v) is 15.7. The van der Waals surface area contributed by atoms with E-state index in [1.54, 1.807) is 4.88 Å². The van der Waals surface area contributed by atoms with Crippen molar-refractivity contribution in [3.05, 3.63) is 45.5 Å². The minimum absolute atomic E-state index is 0.386. The van der Waals surface area contributed by atoms with E-state index in [0.717, 1.165) is 0 Å². The van der Waals surface area contributed by atoms with Crippen LogP contribution in [0.3, 0.4) is 0 Å². The maximum Gasteiger partial charge on any atom is 0.0449 e. The normalized spacial score (nSPS) is 17.6. The summed E-state index contributed by atoms with van der Waals surface area (Å²) in [5, 5.41) is 4.83. The van der Waals surface area contributed by atoms with Gasteiger partial charge in [-0.3, -0.25) is 0 Å². The lowest BCUT2D eigenvalue weighted by Crippen LogP contribution is -1.80. The molecule has 0 spiro atoms. The molecule has 0 N–H and O–H groups in total. The second-order valence-corrected chi connectivity index (χ2v) is 9.87. The topological polar surface area (TPSA) is 0 Å². The molecule has 22 heavy (non-hydrogen) atoms. The molecule has 3 heterocycles. The summed E-state index contributed by atoms with van der Waals surface area (Å²) in [5.74, 6) is 1.31. The van der Waals surface area contributed by atoms with Gasteiger partial charge in [-0.2, -0.15) is 10.5 Å². The van der Waals surface area contributed by atoms with Gasteiger partial charge in [-0.25, -0.2) is 0 Å². The minimum atomic E-state index is 0.386. The van der Waals surface area contributed by atoms with Gasteiger partial charge in [0, 0.05) is 19.5 Å². The van der Waals surface area contributed by atoms with E-state index in [4.69, 9.17) is 0 Å². The van der Waals surface area contributed by atoms with Crippen LogP contribution >= 0.6 is 33.2 Å². The predicted octanol–water partition coefficient (Wildman–Crippen LogP) is 6.94. The van der Waals surface area contributed by atoms with Crippen molar-refractivity contribution in [1.82, 2.24) is 0 Å². The van der Waals surface area contributed by atoms with E-state index in [2.05, 4.69) is 48.0 Å². The molecular formula is C19H24S3. The summed E-state index contributed by atoms with van der Waals surface area (Å²) in [4.78, 5) is 5.86. The lowest BCUT2D eigenvalue weighted by molar-refractivity contribution is 0.670. The lowest BCUT2D eigenvalue weighted by Gasteiger charge is -1.96. The van der Waals surface area contributed by atoms with Gasteiger partial charge >= 0.3 is 0 Å². The van der Waals surface area contributed by atoms with Crippen LogP contribution in [0.4, 0.5) is 0 Å². The fraction of sp³-hybridized carbons (Fsp3) is 0.421. The molecule has 2 aromatic rings. The zero-order chi connectivity index (χ0) is 15.2. The Morgan fingerprint density at radius 2 is 1.91 bits per heavy atom. The summed E-state index contributed by atoms with van der Waals surface area (Å²) in [7, 11) is 0.386. The first-order valence-corrected chi connectivity index (χ1v) is 11.4. The van der Waals surface area contributed by atoms with E-state index in [1.807, 2.05) is 22.7 Å². The number of aryl methyl sites for hydroxylation is 1. The van der Waals surface area contributed by atoms with E-state index < -0.39 is 0 Å². The van der Waals surface area contributed by atoms with Gasteiger partial charge in [-0.05, 0) is 60.1 Å². The van der Waals surface area contributed by atoms with Crippen LogP contribution in [0.1, 0.15) is 48.8 Å². The van der Waals surface area contributed by atoms with E-state index in [1.165, 1.54) is 58.9 Å². The van der Waals surface area contributed by atoms with Crippen LogP contribution in [0.15, 0.2) is 35.7 Å². The fourth-order valence-corrected chi connectivity index (χ4v) is 6.61. The molecule has 3 heteroatoms. The first-order chi connectivity index (χ1) is 10.8. The number of hydrogen-bond donors (Lipinski definition) is 0. The average Bonchev–Trinajstić information content (AvgIpc) is 3.25. The van der Waals surface area contributed by atoms with Gasteiger partial charge in [-0.1, -0.05) is 32.3 Å². The van der Waals surface area contributed by atoms with E-state index in [0.29, 0.717) is 10.5 Å². The Labute approximate surface area is 144 Å². The Hall–Kier alpha value is -0.640. The second-order valence-electron chi connectivity index (χ2n) is 5.73. The molecule has 3 rings (SSSR count). The Kier molecular flexibility index (Phi) is 6.11. The van der Waals surface area contributed by atoms with Crippen molar-refractivity contribution in [2.24, 2.45) is 0 Å². The first kappa shape index (κ1) is 16.2. The molecule has 1 aliphatic rings. The third kappa shape index (κ3) is 4.43. The molecule has 0 saturated carbocycles. The van der Waals surface area contributed by atoms with Crippen LogP contribution in [0.25, 0.3) is 9.75 Å². The molecule has 0 nitrogen and oxygen atoms in total. The summed E-state index contributed by atoms with van der Waals surface area (Å²) in [6.07, 6.45) is 10.2. The highest BCUT2D eigenvalue weighted by Gasteiger charge is 2.06. The number of rotatable bonds is 7. The summed E-state index contributed by atoms with van der Waals surface area (Å²) in [6, 6.07) is 9.23. The quantitative estimate of drug-likeness (QED) is 0.375. The highest BCUT2D eigenvalue weighted by Crippen LogP contribution is 2.35. The van der Waals surface area contributed by atoms with Crippen LogP contribution in [-0.2, 0) is 6.42 Å². The number of allylic oxidation sites excluding steroid dienone is 1. The molecule has 1 aliphatic heterocycles. The Morgan fingerprint density at radius 3 is 2.73 bits per heavy atom. The van der Waals surface area contributed by atoms with Gasteiger partial charge in [0.15, 0.2) is 0 Å². The van der Waals surface area contributed by atoms with Gasteiger partial charge in [0.1, 0.15) is 0 Å². The maximum atomic E-state index is 2.46. The highest BCUT2D eigenvalue weighted by molar-refractivity contribution is 8.18. The molecule has 0 aliphatic carbocycles. The molecule has 0 radical (unpaired) electrons. The van der Waals surface area contributed by atoms with Gasteiger partial charge in [0.05, 0.1) is 0 Å². The summed E-state index contributed by atoms with van der Waals surface area (Å²) in [5.41, 5.74) is 0. The maximum absolute atomic E-state index is 2.46. The minimum Gasteiger partial charge on any atom is -0.161 e. The van der Waals surface area contributed by atoms with Crippen molar-refractivity contribution < 1.29 is 0 Å². The van der Waals surface area contributed by atoms with Crippen LogP contribution in [-0.4, -0.2) is 11.1 Å². The largest absolute Gasteiger partial charge is 0.161 e. The van der Waals surface area contributed by atoms with Gasteiger partial charge in [0.2, 0.25) is 0 Å². The molecule has 1 unspecified atom stereocenters. The monoisotopic (exact) mass is 348 g/mol. The third-order valence-corrected chi connectivity index (χ3v) is 8.19. The SMILES string of the molecule is CCCCCCc1ccc(-c2ccc(C=S3C=CCC3)s2)s1. The third-order valence-electron chi connectivity index (χ3n) is 3.87. The van der Waals surface area contributed by atoms with Gasteiger partial charge in [0.25, 0.3) is 0 Å². The van der Waals surface area contributed by atoms with Crippen LogP contribution in [0.5, 0.6) is 0 Å². The molecule has 0 aromatic carbocycles. The molecule has 0 amide bonds. The summed E-state index contributed by atoms with van der Waals surface area (Å²) in [6.45, 7) is 2.27. The molecule has 118 valence electrons. The van der Waals surface area contributed by atoms with E-state index in [9.17, 15) is 0 Å². The van der Waals surface area contributed by atoms with E-state index in [-0.39, 0.29) is 0 Å². The fourth-order valence-electron chi connectivity index (χ4n) is 2.63. The van der Waals surface area contributed by atoms with Crippen LogP contribution in [0.2, 0.25) is 0 Å². The average molecular weight is 349 g/mol. The van der Waals surface area contributed by atoms with Crippen molar-refractivity contribution in [3.8, 4) is 9.75 Å². The van der Waals surface area contributed by atoms with Crippen molar-refractivity contribution in [2.75, 3.05) is 5.75 Å². The van der Waals surface area contributed by atoms with Gasteiger partial charge in [-0.15, -0.1) is 22.7 Å². The molecule has 2 aromatic heterocycles. The van der Waals surface area contributed by atoms with Crippen molar-refractivity contribution in [3.63, 3.8) is 0 Å². The smallest absolute Gasteiger partial charge is 0.0449 e. The van der Waals surface area contributed by atoms with Crippen molar-refractivity contribution >= 4 is 38.5 Å². The van der Waals surface area contributed by atoms with Crippen LogP contribution in [0, 0.1) is 0 Å². The molecule has 0 saturated heterocycles. The van der Waals surface area contributed by atoms with Crippen LogP contribution < -0.4 is 0 Å². The number of hydrogen-bond acceptors (Lipinski definition) is 2. The van der Waals surface area contributed by atoms with Gasteiger partial charge < -0.3 is 0 Å². The van der Waals surface area contributed by atoms with Crippen molar-refractivity contribution in [2.45, 2.75) is 45.4 Å². The van der Waals surface area contributed by atoms with E-state index >= 15 is 0 Å². The Balaban J connectivity index is 1.62. The number of thiophene rings is 2. The summed E-state index contributed by atoms with van der Waals surface area (Å²) >= 11 is 3.93. The molecule has 1 atom stereocenters. The molecule has 0 bridgehead atoms. The first-order valence-electron chi connectivity index (χ1n) is 8.24. The zero-order valence-electron chi connectivity index (χ0n) is 13.2. The Morgan fingerprint density at radius 1 is 1.05 bits per heavy atom. The predicted molar refractivity (Wildman–Crippen MR) is 107 cm³/mol. The summed E-state index contributed by atoms with van der Waals surface area (Å²) < 4.78 is 0. The van der Waals surface area contributed by atoms with Crippen molar-refractivity contribution in [1.29, 1.82) is 0 Å². The molecule has 0 fully saturated rings. The lowest BCUT2D eigenvalue weighted by atomic mass is 10.1. The highest BCUT2D eigenvalue weighted by atomic mass is 32.2. The number of unbranched alkanes of at least 4 members (excludes halogenated alkanes) is 3. The Bertz CT molecular complexity index is 658.